The minimum absolute atomic E-state index is 0.0397. The molecule has 1 rings (SSSR count). The highest BCUT2D eigenvalue weighted by molar-refractivity contribution is 9.10. The molecule has 19 heavy (non-hydrogen) atoms. The van der Waals surface area contributed by atoms with E-state index in [9.17, 15) is 13.2 Å². The molecule has 0 saturated carbocycles. The summed E-state index contributed by atoms with van der Waals surface area (Å²) < 4.78 is 28.6. The molecule has 0 aliphatic carbocycles. The molecule has 0 amide bonds. The molecule has 0 spiro atoms. The fourth-order valence-electron chi connectivity index (χ4n) is 1.13. The fourth-order valence-corrected chi connectivity index (χ4v) is 2.40. The first-order valence-corrected chi connectivity index (χ1v) is 7.31. The number of carboxylic acid groups (broad SMARTS) is 1. The number of aromatic carboxylic acids is 1. The van der Waals surface area contributed by atoms with Crippen molar-refractivity contribution >= 4 is 31.9 Å². The molecule has 0 aliphatic heterocycles. The Labute approximate surface area is 118 Å². The Morgan fingerprint density at radius 2 is 2.11 bits per heavy atom. The zero-order chi connectivity index (χ0) is 14.5. The number of carboxylic acids is 1. The van der Waals surface area contributed by atoms with Crippen LogP contribution in [0.5, 0.6) is 0 Å². The molecule has 1 aromatic carbocycles. The van der Waals surface area contributed by atoms with Crippen LogP contribution in [-0.4, -0.2) is 39.8 Å². The maximum atomic E-state index is 11.8. The average molecular weight is 354 g/mol. The van der Waals surface area contributed by atoms with Gasteiger partial charge in [-0.15, -0.1) is 0 Å². The summed E-state index contributed by atoms with van der Waals surface area (Å²) in [7, 11) is -2.48. The van der Waals surface area contributed by atoms with Crippen molar-refractivity contribution in [2.45, 2.75) is 4.90 Å². The van der Waals surface area contributed by atoms with Crippen LogP contribution in [0.25, 0.3) is 0 Å². The summed E-state index contributed by atoms with van der Waals surface area (Å²) in [4.78, 5) is 17.3. The number of nitrogens with one attached hydrogen (secondary N) is 1. The molecule has 0 bridgehead atoms. The SMILES string of the molecule is COCCONS(=O)(=O)c1ccc(Br)c(C(=O)O)c1. The van der Waals surface area contributed by atoms with Crippen LogP contribution in [0.4, 0.5) is 0 Å². The van der Waals surface area contributed by atoms with Crippen molar-refractivity contribution in [2.75, 3.05) is 20.3 Å². The van der Waals surface area contributed by atoms with E-state index in [2.05, 4.69) is 20.7 Å². The summed E-state index contributed by atoms with van der Waals surface area (Å²) in [6.07, 6.45) is 0. The Hall–Kier alpha value is -1.00. The van der Waals surface area contributed by atoms with Crippen molar-refractivity contribution < 1.29 is 27.9 Å². The van der Waals surface area contributed by atoms with E-state index >= 15 is 0 Å². The molecule has 1 aromatic rings. The van der Waals surface area contributed by atoms with Gasteiger partial charge in [0.05, 0.1) is 23.7 Å². The van der Waals surface area contributed by atoms with E-state index in [0.29, 0.717) is 4.47 Å². The molecular weight excluding hydrogens is 342 g/mol. The summed E-state index contributed by atoms with van der Waals surface area (Å²) in [5.41, 5.74) is -0.153. The number of carbonyl (C=O) groups is 1. The molecular formula is C10H12BrNO6S. The summed E-state index contributed by atoms with van der Waals surface area (Å²) >= 11 is 3.03. The normalized spacial score (nSPS) is 11.5. The van der Waals surface area contributed by atoms with E-state index in [1.807, 2.05) is 4.89 Å². The van der Waals surface area contributed by atoms with Crippen molar-refractivity contribution in [3.63, 3.8) is 0 Å². The lowest BCUT2D eigenvalue weighted by Crippen LogP contribution is -2.26. The van der Waals surface area contributed by atoms with Crippen molar-refractivity contribution in [3.05, 3.63) is 28.2 Å². The second kappa shape index (κ2) is 6.96. The number of sulfonamides is 1. The highest BCUT2D eigenvalue weighted by Gasteiger charge is 2.18. The third-order valence-corrected chi connectivity index (χ3v) is 3.94. The van der Waals surface area contributed by atoms with E-state index in [-0.39, 0.29) is 23.7 Å². The lowest BCUT2D eigenvalue weighted by molar-refractivity contribution is 0.0438. The summed E-state index contributed by atoms with van der Waals surface area (Å²) in [6, 6.07) is 3.64. The number of hydrogen-bond acceptors (Lipinski definition) is 5. The highest BCUT2D eigenvalue weighted by Crippen LogP contribution is 2.20. The molecule has 0 radical (unpaired) electrons. The van der Waals surface area contributed by atoms with E-state index in [1.54, 1.807) is 0 Å². The zero-order valence-corrected chi connectivity index (χ0v) is 12.3. The molecule has 0 saturated heterocycles. The average Bonchev–Trinajstić information content (AvgIpc) is 2.34. The second-order valence-corrected chi connectivity index (χ2v) is 5.87. The van der Waals surface area contributed by atoms with E-state index < -0.39 is 16.0 Å². The lowest BCUT2D eigenvalue weighted by Gasteiger charge is -2.08. The fraction of sp³-hybridized carbons (Fsp3) is 0.300. The van der Waals surface area contributed by atoms with Crippen molar-refractivity contribution in [2.24, 2.45) is 0 Å². The Bertz CT molecular complexity index is 559. The Morgan fingerprint density at radius 3 is 2.68 bits per heavy atom. The predicted octanol–water partition coefficient (Wildman–Crippen LogP) is 1.00. The van der Waals surface area contributed by atoms with Crippen LogP contribution in [0.3, 0.4) is 0 Å². The third-order valence-electron chi connectivity index (χ3n) is 2.04. The molecule has 0 aromatic heterocycles. The van der Waals surface area contributed by atoms with Gasteiger partial charge in [0.25, 0.3) is 10.0 Å². The van der Waals surface area contributed by atoms with Gasteiger partial charge in [-0.25, -0.2) is 13.2 Å². The van der Waals surface area contributed by atoms with Gasteiger partial charge in [-0.2, -0.15) is 0 Å². The Morgan fingerprint density at radius 1 is 1.42 bits per heavy atom. The van der Waals surface area contributed by atoms with Crippen LogP contribution >= 0.6 is 15.9 Å². The van der Waals surface area contributed by atoms with Crippen molar-refractivity contribution in [1.29, 1.82) is 0 Å². The maximum absolute atomic E-state index is 11.8. The molecule has 0 unspecified atom stereocenters. The first-order chi connectivity index (χ1) is 8.88. The van der Waals surface area contributed by atoms with Gasteiger partial charge in [-0.05, 0) is 34.1 Å². The van der Waals surface area contributed by atoms with Crippen LogP contribution in [-0.2, 0) is 19.6 Å². The number of rotatable bonds is 7. The second-order valence-electron chi connectivity index (χ2n) is 3.37. The van der Waals surface area contributed by atoms with E-state index in [1.165, 1.54) is 19.2 Å². The van der Waals surface area contributed by atoms with Crippen molar-refractivity contribution in [1.82, 2.24) is 4.89 Å². The molecule has 106 valence electrons. The van der Waals surface area contributed by atoms with Crippen LogP contribution in [0.2, 0.25) is 0 Å². The van der Waals surface area contributed by atoms with Crippen LogP contribution in [0.1, 0.15) is 10.4 Å². The largest absolute Gasteiger partial charge is 0.478 e. The first kappa shape index (κ1) is 16.1. The number of hydrogen-bond donors (Lipinski definition) is 2. The standard InChI is InChI=1S/C10H12BrNO6S/c1-17-4-5-18-12-19(15,16)7-2-3-9(11)8(6-7)10(13)14/h2-3,6,12H,4-5H2,1H3,(H,13,14). The van der Waals surface area contributed by atoms with Gasteiger partial charge in [0, 0.05) is 11.6 Å². The summed E-state index contributed by atoms with van der Waals surface area (Å²) in [5.74, 6) is -1.23. The van der Waals surface area contributed by atoms with E-state index in [0.717, 1.165) is 6.07 Å². The lowest BCUT2D eigenvalue weighted by atomic mass is 10.2. The summed E-state index contributed by atoms with van der Waals surface area (Å²) in [5, 5.41) is 8.91. The van der Waals surface area contributed by atoms with Gasteiger partial charge in [-0.3, -0.25) is 4.84 Å². The van der Waals surface area contributed by atoms with Gasteiger partial charge < -0.3 is 9.84 Å². The number of methoxy groups -OCH3 is 1. The molecule has 0 fully saturated rings. The molecule has 9 heteroatoms. The highest BCUT2D eigenvalue weighted by atomic mass is 79.9. The third kappa shape index (κ3) is 4.55. The van der Waals surface area contributed by atoms with Gasteiger partial charge in [-0.1, -0.05) is 4.89 Å². The monoisotopic (exact) mass is 353 g/mol. The number of halogens is 1. The van der Waals surface area contributed by atoms with Gasteiger partial charge >= 0.3 is 5.97 Å². The van der Waals surface area contributed by atoms with Gasteiger partial charge in [0.2, 0.25) is 0 Å². The number of benzene rings is 1. The molecule has 7 nitrogen and oxygen atoms in total. The Balaban J connectivity index is 2.89. The van der Waals surface area contributed by atoms with Gasteiger partial charge in [0.1, 0.15) is 0 Å². The summed E-state index contributed by atoms with van der Waals surface area (Å²) in [6.45, 7) is 0.265. The van der Waals surface area contributed by atoms with Crippen LogP contribution in [0.15, 0.2) is 27.6 Å². The minimum Gasteiger partial charge on any atom is -0.478 e. The minimum atomic E-state index is -3.93. The molecule has 0 heterocycles. The van der Waals surface area contributed by atoms with Crippen molar-refractivity contribution in [3.8, 4) is 0 Å². The maximum Gasteiger partial charge on any atom is 0.336 e. The molecule has 0 aliphatic rings. The van der Waals surface area contributed by atoms with E-state index in [4.69, 9.17) is 9.94 Å². The number of ether oxygens (including phenoxy) is 1. The van der Waals surface area contributed by atoms with Crippen LogP contribution in [0, 0.1) is 0 Å². The molecule has 2 N–H and O–H groups in total. The van der Waals surface area contributed by atoms with Crippen LogP contribution < -0.4 is 4.89 Å². The smallest absolute Gasteiger partial charge is 0.336 e. The van der Waals surface area contributed by atoms with Gasteiger partial charge in [0.15, 0.2) is 0 Å². The molecule has 0 atom stereocenters. The quantitative estimate of drug-likeness (QED) is 0.560. The predicted molar refractivity (Wildman–Crippen MR) is 69.3 cm³/mol. The Kier molecular flexibility index (Phi) is 5.88. The first-order valence-electron chi connectivity index (χ1n) is 5.04. The topological polar surface area (TPSA) is 102 Å². The zero-order valence-electron chi connectivity index (χ0n) is 9.92.